The lowest BCUT2D eigenvalue weighted by molar-refractivity contribution is 0.0724. The molecular weight excluding hydrogens is 388 g/mol. The average Bonchev–Trinajstić information content (AvgIpc) is 2.82. The lowest BCUT2D eigenvalue weighted by Gasteiger charge is -2.26. The van der Waals surface area contributed by atoms with Crippen LogP contribution >= 0.6 is 0 Å². The predicted octanol–water partition coefficient (Wildman–Crippen LogP) is 3.92. The summed E-state index contributed by atoms with van der Waals surface area (Å²) in [7, 11) is 3.71. The number of hydrogen-bond donors (Lipinski definition) is 1. The van der Waals surface area contributed by atoms with Gasteiger partial charge in [-0.3, -0.25) is 4.79 Å². The standard InChI is InChI=1S/C25H34N4O2/c1-4-26-25(28(2)19-21-10-14-23(31-3)15-11-21)27-18-20-8-12-22(13-9-20)24(30)29-16-6-5-7-17-29/h8-15H,4-7,16-19H2,1-3H3,(H,26,27). The van der Waals surface area contributed by atoms with Crippen LogP contribution in [0.15, 0.2) is 53.5 Å². The Morgan fingerprint density at radius 1 is 1.03 bits per heavy atom. The van der Waals surface area contributed by atoms with Gasteiger partial charge in [-0.1, -0.05) is 24.3 Å². The van der Waals surface area contributed by atoms with Gasteiger partial charge in [-0.2, -0.15) is 0 Å². The fraction of sp³-hybridized carbons (Fsp3) is 0.440. The highest BCUT2D eigenvalue weighted by molar-refractivity contribution is 5.94. The number of ether oxygens (including phenoxy) is 1. The molecule has 6 heteroatoms. The van der Waals surface area contributed by atoms with E-state index in [1.807, 2.05) is 48.3 Å². The average molecular weight is 423 g/mol. The van der Waals surface area contributed by atoms with Crippen LogP contribution in [-0.2, 0) is 13.1 Å². The van der Waals surface area contributed by atoms with Crippen LogP contribution in [0.5, 0.6) is 5.75 Å². The molecule has 0 aliphatic carbocycles. The minimum atomic E-state index is 0.141. The first-order valence-corrected chi connectivity index (χ1v) is 11.1. The lowest BCUT2D eigenvalue weighted by atomic mass is 10.1. The van der Waals surface area contributed by atoms with Gasteiger partial charge >= 0.3 is 0 Å². The third kappa shape index (κ3) is 6.48. The van der Waals surface area contributed by atoms with E-state index in [2.05, 4.69) is 29.3 Å². The monoisotopic (exact) mass is 422 g/mol. The van der Waals surface area contributed by atoms with Gasteiger partial charge in [-0.05, 0) is 61.6 Å². The summed E-state index contributed by atoms with van der Waals surface area (Å²) in [4.78, 5) is 21.5. The molecule has 6 nitrogen and oxygen atoms in total. The van der Waals surface area contributed by atoms with Crippen LogP contribution in [0.25, 0.3) is 0 Å². The summed E-state index contributed by atoms with van der Waals surface area (Å²) in [5.41, 5.74) is 3.04. The van der Waals surface area contributed by atoms with Crippen LogP contribution in [0.3, 0.4) is 0 Å². The number of guanidine groups is 1. The van der Waals surface area contributed by atoms with E-state index in [1.54, 1.807) is 7.11 Å². The van der Waals surface area contributed by atoms with Gasteiger partial charge in [0.2, 0.25) is 0 Å². The van der Waals surface area contributed by atoms with E-state index in [0.29, 0.717) is 6.54 Å². The zero-order valence-electron chi connectivity index (χ0n) is 18.9. The molecule has 1 saturated heterocycles. The molecule has 0 atom stereocenters. The summed E-state index contributed by atoms with van der Waals surface area (Å²) in [6.07, 6.45) is 3.44. The van der Waals surface area contributed by atoms with Crippen molar-refractivity contribution in [2.24, 2.45) is 4.99 Å². The molecule has 166 valence electrons. The summed E-state index contributed by atoms with van der Waals surface area (Å²) < 4.78 is 5.23. The maximum absolute atomic E-state index is 12.6. The molecule has 1 aliphatic heterocycles. The van der Waals surface area contributed by atoms with Crippen LogP contribution in [0, 0.1) is 0 Å². The molecule has 0 spiro atoms. The number of rotatable bonds is 7. The minimum absolute atomic E-state index is 0.141. The van der Waals surface area contributed by atoms with Crippen LogP contribution < -0.4 is 10.1 Å². The SMILES string of the molecule is CCNC(=NCc1ccc(C(=O)N2CCCCC2)cc1)N(C)Cc1ccc(OC)cc1. The third-order valence-electron chi connectivity index (χ3n) is 5.53. The smallest absolute Gasteiger partial charge is 0.253 e. The first-order chi connectivity index (χ1) is 15.1. The highest BCUT2D eigenvalue weighted by Crippen LogP contribution is 2.15. The zero-order chi connectivity index (χ0) is 22.1. The molecule has 1 fully saturated rings. The fourth-order valence-electron chi connectivity index (χ4n) is 3.75. The summed E-state index contributed by atoms with van der Waals surface area (Å²) in [6.45, 7) is 5.92. The van der Waals surface area contributed by atoms with Gasteiger partial charge in [0.15, 0.2) is 5.96 Å². The number of methoxy groups -OCH3 is 1. The van der Waals surface area contributed by atoms with Gasteiger partial charge in [0.25, 0.3) is 5.91 Å². The van der Waals surface area contributed by atoms with E-state index in [0.717, 1.165) is 61.9 Å². The minimum Gasteiger partial charge on any atom is -0.497 e. The van der Waals surface area contributed by atoms with Crippen molar-refractivity contribution in [1.82, 2.24) is 15.1 Å². The second kappa shape index (κ2) is 11.4. The molecule has 0 radical (unpaired) electrons. The van der Waals surface area contributed by atoms with Gasteiger partial charge in [0.1, 0.15) is 5.75 Å². The zero-order valence-corrected chi connectivity index (χ0v) is 18.9. The van der Waals surface area contributed by atoms with E-state index in [4.69, 9.17) is 9.73 Å². The number of nitrogens with one attached hydrogen (secondary N) is 1. The first-order valence-electron chi connectivity index (χ1n) is 11.1. The molecule has 1 heterocycles. The summed E-state index contributed by atoms with van der Waals surface area (Å²) >= 11 is 0. The van der Waals surface area contributed by atoms with Crippen molar-refractivity contribution in [3.05, 3.63) is 65.2 Å². The Labute approximate surface area is 185 Å². The van der Waals surface area contributed by atoms with E-state index in [1.165, 1.54) is 12.0 Å². The maximum atomic E-state index is 12.6. The summed E-state index contributed by atoms with van der Waals surface area (Å²) in [6, 6.07) is 15.9. The van der Waals surface area contributed by atoms with E-state index in [9.17, 15) is 4.79 Å². The number of aliphatic imine (C=N–C) groups is 1. The Morgan fingerprint density at radius 2 is 1.68 bits per heavy atom. The second-order valence-corrected chi connectivity index (χ2v) is 7.92. The van der Waals surface area contributed by atoms with Gasteiger partial charge in [0, 0.05) is 38.8 Å². The number of carbonyl (C=O) groups is 1. The first kappa shape index (κ1) is 22.7. The topological polar surface area (TPSA) is 57.2 Å². The molecule has 1 amide bonds. The Hall–Kier alpha value is -3.02. The van der Waals surface area contributed by atoms with Crippen molar-refractivity contribution in [2.45, 2.75) is 39.3 Å². The highest BCUT2D eigenvalue weighted by Gasteiger charge is 2.17. The van der Waals surface area contributed by atoms with Crippen molar-refractivity contribution >= 4 is 11.9 Å². The Bertz CT molecular complexity index is 856. The fourth-order valence-corrected chi connectivity index (χ4v) is 3.75. The largest absolute Gasteiger partial charge is 0.497 e. The molecule has 2 aromatic rings. The van der Waals surface area contributed by atoms with Crippen LogP contribution in [0.4, 0.5) is 0 Å². The quantitative estimate of drug-likeness (QED) is 0.543. The lowest BCUT2D eigenvalue weighted by Crippen LogP contribution is -2.38. The third-order valence-corrected chi connectivity index (χ3v) is 5.53. The molecule has 0 aromatic heterocycles. The molecule has 31 heavy (non-hydrogen) atoms. The van der Waals surface area contributed by atoms with Gasteiger partial charge in [-0.25, -0.2) is 4.99 Å². The van der Waals surface area contributed by atoms with Crippen LogP contribution in [0.1, 0.15) is 47.7 Å². The van der Waals surface area contributed by atoms with Crippen molar-refractivity contribution < 1.29 is 9.53 Å². The molecule has 1 aliphatic rings. The molecule has 3 rings (SSSR count). The van der Waals surface area contributed by atoms with Crippen molar-refractivity contribution in [1.29, 1.82) is 0 Å². The molecule has 0 unspecified atom stereocenters. The summed E-state index contributed by atoms with van der Waals surface area (Å²) in [5, 5.41) is 3.36. The Balaban J connectivity index is 1.61. The number of piperidine rings is 1. The van der Waals surface area contributed by atoms with Gasteiger partial charge in [0.05, 0.1) is 13.7 Å². The number of nitrogens with zero attached hydrogens (tertiary/aromatic N) is 3. The molecule has 1 N–H and O–H groups in total. The predicted molar refractivity (Wildman–Crippen MR) is 125 cm³/mol. The van der Waals surface area contributed by atoms with E-state index >= 15 is 0 Å². The maximum Gasteiger partial charge on any atom is 0.253 e. The van der Waals surface area contributed by atoms with Gasteiger partial charge in [-0.15, -0.1) is 0 Å². The van der Waals surface area contributed by atoms with E-state index in [-0.39, 0.29) is 5.91 Å². The molecule has 0 saturated carbocycles. The Morgan fingerprint density at radius 3 is 2.29 bits per heavy atom. The Kier molecular flexibility index (Phi) is 8.33. The van der Waals surface area contributed by atoms with Gasteiger partial charge < -0.3 is 19.9 Å². The normalized spacial score (nSPS) is 14.3. The number of hydrogen-bond acceptors (Lipinski definition) is 3. The highest BCUT2D eigenvalue weighted by atomic mass is 16.5. The second-order valence-electron chi connectivity index (χ2n) is 7.92. The molecule has 0 bridgehead atoms. The number of likely N-dealkylation sites (tertiary alicyclic amines) is 1. The summed E-state index contributed by atoms with van der Waals surface area (Å²) in [5.74, 6) is 1.85. The number of amides is 1. The van der Waals surface area contributed by atoms with Crippen molar-refractivity contribution in [2.75, 3.05) is 33.8 Å². The van der Waals surface area contributed by atoms with Crippen molar-refractivity contribution in [3.63, 3.8) is 0 Å². The number of benzene rings is 2. The van der Waals surface area contributed by atoms with E-state index < -0.39 is 0 Å². The molecule has 2 aromatic carbocycles. The molecular formula is C25H34N4O2. The van der Waals surface area contributed by atoms with Crippen molar-refractivity contribution in [3.8, 4) is 5.75 Å². The number of carbonyl (C=O) groups excluding carboxylic acids is 1. The van der Waals surface area contributed by atoms with Crippen LogP contribution in [-0.4, -0.2) is 55.5 Å². The van der Waals surface area contributed by atoms with Crippen LogP contribution in [0.2, 0.25) is 0 Å².